The molecule has 0 aromatic carbocycles. The number of ether oxygens (including phenoxy) is 1. The minimum Gasteiger partial charge on any atom is -0.465 e. The van der Waals surface area contributed by atoms with E-state index in [2.05, 4.69) is 15.4 Å². The number of sulfonamides is 1. The molecule has 150 valence electrons. The molecule has 9 nitrogen and oxygen atoms in total. The normalized spacial score (nSPS) is 17.8. The van der Waals surface area contributed by atoms with E-state index in [1.54, 1.807) is 16.8 Å². The molecule has 12 heteroatoms. The van der Waals surface area contributed by atoms with Gasteiger partial charge in [0.25, 0.3) is 10.0 Å². The fourth-order valence-corrected chi connectivity index (χ4v) is 6.21. The summed E-state index contributed by atoms with van der Waals surface area (Å²) in [7, 11) is -2.67. The Balaban J connectivity index is 1.79. The van der Waals surface area contributed by atoms with Crippen LogP contribution in [0.3, 0.4) is 0 Å². The molecule has 0 bridgehead atoms. The Morgan fingerprint density at radius 3 is 2.79 bits per heavy atom. The third-order valence-electron chi connectivity index (χ3n) is 4.03. The highest BCUT2D eigenvalue weighted by Gasteiger charge is 2.40. The largest absolute Gasteiger partial charge is 0.465 e. The molecule has 0 radical (unpaired) electrons. The maximum atomic E-state index is 12.9. The molecular weight excluding hydrogens is 426 g/mol. The SMILES string of the molecule is COC(=O)c1sccc1NC(=O)CC1C(=O)NCCN1S(=O)(=O)c1cccs1. The first-order chi connectivity index (χ1) is 13.3. The Bertz CT molecular complexity index is 983. The lowest BCUT2D eigenvalue weighted by Crippen LogP contribution is -2.57. The fourth-order valence-electron chi connectivity index (χ4n) is 2.74. The van der Waals surface area contributed by atoms with Gasteiger partial charge in [-0.15, -0.1) is 22.7 Å². The van der Waals surface area contributed by atoms with Gasteiger partial charge in [-0.05, 0) is 22.9 Å². The maximum absolute atomic E-state index is 12.9. The van der Waals surface area contributed by atoms with Crippen molar-refractivity contribution in [2.24, 2.45) is 0 Å². The second kappa shape index (κ2) is 8.39. The minimum absolute atomic E-state index is 0.0653. The van der Waals surface area contributed by atoms with Gasteiger partial charge in [-0.1, -0.05) is 6.07 Å². The molecule has 1 atom stereocenters. The van der Waals surface area contributed by atoms with Crippen molar-refractivity contribution < 1.29 is 27.5 Å². The van der Waals surface area contributed by atoms with Gasteiger partial charge in [-0.25, -0.2) is 13.2 Å². The first-order valence-corrected chi connectivity index (χ1v) is 11.3. The first-order valence-electron chi connectivity index (χ1n) is 8.13. The Morgan fingerprint density at radius 1 is 1.32 bits per heavy atom. The number of piperazine rings is 1. The van der Waals surface area contributed by atoms with E-state index in [9.17, 15) is 22.8 Å². The summed E-state index contributed by atoms with van der Waals surface area (Å²) >= 11 is 2.15. The van der Waals surface area contributed by atoms with Crippen LogP contribution in [0.1, 0.15) is 16.1 Å². The molecule has 1 aliphatic rings. The molecule has 28 heavy (non-hydrogen) atoms. The van der Waals surface area contributed by atoms with E-state index in [0.717, 1.165) is 27.0 Å². The second-order valence-electron chi connectivity index (χ2n) is 5.76. The van der Waals surface area contributed by atoms with Crippen LogP contribution in [-0.2, 0) is 24.3 Å². The Labute approximate surface area is 169 Å². The summed E-state index contributed by atoms with van der Waals surface area (Å²) in [5.41, 5.74) is 0.255. The molecule has 1 unspecified atom stereocenters. The standard InChI is InChI=1S/C16H17N3O6S3/c1-25-16(22)14-10(4-8-27-14)18-12(20)9-11-15(21)17-5-6-19(11)28(23,24)13-3-2-7-26-13/h2-4,7-8,11H,5-6,9H2,1H3,(H,17,21)(H,18,20). The lowest BCUT2D eigenvalue weighted by atomic mass is 10.1. The van der Waals surface area contributed by atoms with Crippen LogP contribution in [0.5, 0.6) is 0 Å². The topological polar surface area (TPSA) is 122 Å². The molecule has 0 spiro atoms. The zero-order valence-electron chi connectivity index (χ0n) is 14.7. The summed E-state index contributed by atoms with van der Waals surface area (Å²) in [6, 6.07) is 3.42. The molecule has 1 fully saturated rings. The third kappa shape index (κ3) is 4.09. The molecule has 2 aromatic rings. The zero-order chi connectivity index (χ0) is 20.3. The van der Waals surface area contributed by atoms with Gasteiger partial charge in [0, 0.05) is 13.1 Å². The molecule has 2 amide bonds. The van der Waals surface area contributed by atoms with Crippen molar-refractivity contribution in [3.63, 3.8) is 0 Å². The number of rotatable bonds is 6. The van der Waals surface area contributed by atoms with E-state index in [0.29, 0.717) is 0 Å². The number of esters is 1. The van der Waals surface area contributed by atoms with Gasteiger partial charge in [0.15, 0.2) is 0 Å². The van der Waals surface area contributed by atoms with Crippen molar-refractivity contribution in [1.82, 2.24) is 9.62 Å². The van der Waals surface area contributed by atoms with E-state index in [4.69, 9.17) is 0 Å². The minimum atomic E-state index is -3.90. The smallest absolute Gasteiger partial charge is 0.350 e. The lowest BCUT2D eigenvalue weighted by molar-refractivity contribution is -0.130. The van der Waals surface area contributed by atoms with Crippen molar-refractivity contribution in [3.8, 4) is 0 Å². The molecule has 1 saturated heterocycles. The summed E-state index contributed by atoms with van der Waals surface area (Å²) in [4.78, 5) is 36.7. The van der Waals surface area contributed by atoms with Gasteiger partial charge in [0.05, 0.1) is 19.2 Å². The first kappa shape index (κ1) is 20.5. The molecule has 3 rings (SSSR count). The number of hydrogen-bond donors (Lipinski definition) is 2. The van der Waals surface area contributed by atoms with Gasteiger partial charge in [-0.3, -0.25) is 9.59 Å². The Kier molecular flexibility index (Phi) is 6.13. The number of anilines is 1. The quantitative estimate of drug-likeness (QED) is 0.645. The highest BCUT2D eigenvalue weighted by molar-refractivity contribution is 7.91. The highest BCUT2D eigenvalue weighted by Crippen LogP contribution is 2.26. The summed E-state index contributed by atoms with van der Waals surface area (Å²) in [6.07, 6.45) is -0.382. The van der Waals surface area contributed by atoms with E-state index in [1.165, 1.54) is 19.2 Å². The predicted octanol–water partition coefficient (Wildman–Crippen LogP) is 1.11. The van der Waals surface area contributed by atoms with Crippen molar-refractivity contribution in [3.05, 3.63) is 33.8 Å². The van der Waals surface area contributed by atoms with Crippen LogP contribution in [0.25, 0.3) is 0 Å². The molecule has 2 aromatic heterocycles. The van der Waals surface area contributed by atoms with Crippen LogP contribution in [-0.4, -0.2) is 56.7 Å². The summed E-state index contributed by atoms with van der Waals surface area (Å²) < 4.78 is 31.5. The number of methoxy groups -OCH3 is 1. The molecule has 0 saturated carbocycles. The average molecular weight is 444 g/mol. The van der Waals surface area contributed by atoms with E-state index in [-0.39, 0.29) is 34.3 Å². The van der Waals surface area contributed by atoms with Gasteiger partial charge in [0.2, 0.25) is 11.8 Å². The van der Waals surface area contributed by atoms with Crippen LogP contribution in [0, 0.1) is 0 Å². The summed E-state index contributed by atoms with van der Waals surface area (Å²) in [5.74, 6) is -1.72. The summed E-state index contributed by atoms with van der Waals surface area (Å²) in [6.45, 7) is 0.231. The molecule has 0 aliphatic carbocycles. The number of thiophene rings is 2. The number of carbonyl (C=O) groups excluding carboxylic acids is 3. The van der Waals surface area contributed by atoms with Crippen LogP contribution in [0.15, 0.2) is 33.2 Å². The number of nitrogens with zero attached hydrogens (tertiary/aromatic N) is 1. The highest BCUT2D eigenvalue weighted by atomic mass is 32.2. The number of nitrogens with one attached hydrogen (secondary N) is 2. The maximum Gasteiger partial charge on any atom is 0.350 e. The van der Waals surface area contributed by atoms with Crippen molar-refractivity contribution >= 4 is 56.2 Å². The zero-order valence-corrected chi connectivity index (χ0v) is 17.2. The van der Waals surface area contributed by atoms with Crippen molar-refractivity contribution in [2.45, 2.75) is 16.7 Å². The molecule has 2 N–H and O–H groups in total. The third-order valence-corrected chi connectivity index (χ3v) is 8.20. The molecular formula is C16H17N3O6S3. The van der Waals surface area contributed by atoms with Gasteiger partial charge < -0.3 is 15.4 Å². The van der Waals surface area contributed by atoms with Crippen LogP contribution in [0.4, 0.5) is 5.69 Å². The molecule has 3 heterocycles. The fraction of sp³-hybridized carbons (Fsp3) is 0.312. The number of carbonyl (C=O) groups is 3. The molecule has 1 aliphatic heterocycles. The van der Waals surface area contributed by atoms with Gasteiger partial charge in [-0.2, -0.15) is 4.31 Å². The van der Waals surface area contributed by atoms with Crippen LogP contribution >= 0.6 is 22.7 Å². The van der Waals surface area contributed by atoms with Gasteiger partial charge in [0.1, 0.15) is 15.1 Å². The number of amides is 2. The second-order valence-corrected chi connectivity index (χ2v) is 9.74. The Hall–Kier alpha value is -2.28. The van der Waals surface area contributed by atoms with Gasteiger partial charge >= 0.3 is 5.97 Å². The van der Waals surface area contributed by atoms with E-state index < -0.39 is 33.8 Å². The van der Waals surface area contributed by atoms with Crippen molar-refractivity contribution in [1.29, 1.82) is 0 Å². The van der Waals surface area contributed by atoms with Crippen LogP contribution < -0.4 is 10.6 Å². The number of hydrogen-bond acceptors (Lipinski definition) is 8. The average Bonchev–Trinajstić information content (AvgIpc) is 3.34. The van der Waals surface area contributed by atoms with Crippen LogP contribution in [0.2, 0.25) is 0 Å². The lowest BCUT2D eigenvalue weighted by Gasteiger charge is -2.33. The van der Waals surface area contributed by atoms with E-state index >= 15 is 0 Å². The Morgan fingerprint density at radius 2 is 2.11 bits per heavy atom. The predicted molar refractivity (Wildman–Crippen MR) is 104 cm³/mol. The summed E-state index contributed by atoms with van der Waals surface area (Å²) in [5, 5.41) is 8.38. The van der Waals surface area contributed by atoms with Crippen molar-refractivity contribution in [2.75, 3.05) is 25.5 Å². The monoisotopic (exact) mass is 443 g/mol. The van der Waals surface area contributed by atoms with E-state index in [1.807, 2.05) is 0 Å².